The van der Waals surface area contributed by atoms with Gasteiger partial charge in [0.1, 0.15) is 0 Å². The molecule has 0 spiro atoms. The summed E-state index contributed by atoms with van der Waals surface area (Å²) in [5.74, 6) is 0.894. The lowest BCUT2D eigenvalue weighted by atomic mass is 10.8. The second kappa shape index (κ2) is 8.58. The predicted octanol–water partition coefficient (Wildman–Crippen LogP) is 0.629. The molecule has 0 unspecified atom stereocenters. The summed E-state index contributed by atoms with van der Waals surface area (Å²) in [5.41, 5.74) is 12.2. The second-order valence-corrected chi connectivity index (χ2v) is 1.79. The molecule has 0 heterocycles. The Kier molecular flexibility index (Phi) is 9.57. The smallest absolute Gasteiger partial charge is 0.192 e. The molecule has 0 aromatic heterocycles. The average Bonchev–Trinajstić information content (AvgIpc) is 1.91. The molecule has 0 bridgehead atoms. The third-order valence-electron chi connectivity index (χ3n) is 0.859. The third kappa shape index (κ3) is 8.58. The lowest BCUT2D eigenvalue weighted by Gasteiger charge is -2.12. The van der Waals surface area contributed by atoms with Crippen LogP contribution in [0.25, 0.3) is 10.4 Å². The van der Waals surface area contributed by atoms with Crippen LogP contribution < -0.4 is 5.32 Å². The Bertz CT molecular complexity index is 143. The molecule has 6 heteroatoms. The highest BCUT2D eigenvalue weighted by Gasteiger charge is 1.91. The van der Waals surface area contributed by atoms with Gasteiger partial charge in [-0.05, 0) is 10.4 Å². The van der Waals surface area contributed by atoms with Crippen molar-refractivity contribution in [1.29, 1.82) is 5.53 Å². The number of nitrogens with zero attached hydrogens (tertiary/aromatic N) is 4. The zero-order valence-electron chi connectivity index (χ0n) is 7.29. The first-order valence-corrected chi connectivity index (χ1v) is 2.96. The van der Waals surface area contributed by atoms with Crippen LogP contribution in [0.4, 0.5) is 0 Å². The maximum atomic E-state index is 6.86. The van der Waals surface area contributed by atoms with E-state index in [4.69, 9.17) is 11.1 Å². The summed E-state index contributed by atoms with van der Waals surface area (Å²) >= 11 is 0. The van der Waals surface area contributed by atoms with Crippen LogP contribution in [-0.2, 0) is 0 Å². The summed E-state index contributed by atoms with van der Waals surface area (Å²) in [6, 6.07) is 0. The van der Waals surface area contributed by atoms with Gasteiger partial charge in [-0.25, -0.2) is 0 Å². The van der Waals surface area contributed by atoms with E-state index in [-0.39, 0.29) is 0 Å². The van der Waals surface area contributed by atoms with Crippen molar-refractivity contribution in [3.63, 3.8) is 0 Å². The fourth-order valence-corrected chi connectivity index (χ4v) is 0.535. The Morgan fingerprint density at radius 3 is 2.00 bits per heavy atom. The van der Waals surface area contributed by atoms with Crippen molar-refractivity contribution in [3.05, 3.63) is 10.4 Å². The maximum absolute atomic E-state index is 6.86. The lowest BCUT2D eigenvalue weighted by Crippen LogP contribution is -2.33. The van der Waals surface area contributed by atoms with Gasteiger partial charge in [0.15, 0.2) is 5.96 Å². The first-order chi connectivity index (χ1) is 5.13. The summed E-state index contributed by atoms with van der Waals surface area (Å²) in [5, 5.41) is 2.93. The SMILES string of the molecule is CN=C(NC)N(C)C.[N-]=[N+]=N. The zero-order valence-corrected chi connectivity index (χ0v) is 7.29. The van der Waals surface area contributed by atoms with Crippen LogP contribution in [0.5, 0.6) is 0 Å². The molecule has 0 aromatic rings. The Labute approximate surface area is 66.3 Å². The van der Waals surface area contributed by atoms with Crippen LogP contribution in [-0.4, -0.2) is 39.1 Å². The van der Waals surface area contributed by atoms with E-state index in [9.17, 15) is 0 Å². The minimum absolute atomic E-state index is 0.894. The molecule has 0 aliphatic heterocycles. The molecule has 0 fully saturated rings. The molecule has 0 amide bonds. The van der Waals surface area contributed by atoms with Gasteiger partial charge in [0, 0.05) is 28.2 Å². The molecular formula is C5H14N6. The maximum Gasteiger partial charge on any atom is 0.192 e. The molecule has 0 atom stereocenters. The van der Waals surface area contributed by atoms with Crippen molar-refractivity contribution < 1.29 is 0 Å². The Hall–Kier alpha value is -1.42. The third-order valence-corrected chi connectivity index (χ3v) is 0.859. The van der Waals surface area contributed by atoms with E-state index in [0.717, 1.165) is 5.96 Å². The number of aliphatic imine (C=N–C) groups is 1. The normalized spacial score (nSPS) is 8.91. The topological polar surface area (TPSA) is 87.9 Å². The quantitative estimate of drug-likeness (QED) is 0.178. The molecule has 0 aliphatic carbocycles. The fraction of sp³-hybridized carbons (Fsp3) is 0.800. The molecule has 0 rings (SSSR count). The molecule has 0 saturated carbocycles. The largest absolute Gasteiger partial charge is 0.359 e. The highest BCUT2D eigenvalue weighted by molar-refractivity contribution is 5.78. The van der Waals surface area contributed by atoms with E-state index in [2.05, 4.69) is 10.3 Å². The van der Waals surface area contributed by atoms with Crippen LogP contribution in [0.2, 0.25) is 0 Å². The number of nitrogens with one attached hydrogen (secondary N) is 2. The van der Waals surface area contributed by atoms with Crippen molar-refractivity contribution in [2.24, 2.45) is 4.99 Å². The second-order valence-electron chi connectivity index (χ2n) is 1.79. The van der Waals surface area contributed by atoms with E-state index in [1.165, 1.54) is 0 Å². The molecule has 0 aromatic carbocycles. The monoisotopic (exact) mass is 158 g/mol. The highest BCUT2D eigenvalue weighted by atomic mass is 15.2. The highest BCUT2D eigenvalue weighted by Crippen LogP contribution is 1.73. The van der Waals surface area contributed by atoms with Gasteiger partial charge in [-0.3, -0.25) is 4.99 Å². The predicted molar refractivity (Wildman–Crippen MR) is 45.5 cm³/mol. The van der Waals surface area contributed by atoms with Crippen molar-refractivity contribution in [2.45, 2.75) is 0 Å². The summed E-state index contributed by atoms with van der Waals surface area (Å²) in [4.78, 5) is 7.60. The average molecular weight is 158 g/mol. The van der Waals surface area contributed by atoms with Gasteiger partial charge in [-0.2, -0.15) is 0 Å². The first kappa shape index (κ1) is 12.3. The van der Waals surface area contributed by atoms with Gasteiger partial charge >= 0.3 is 0 Å². The molecule has 64 valence electrons. The van der Waals surface area contributed by atoms with Gasteiger partial charge in [0.05, 0.1) is 0 Å². The molecule has 11 heavy (non-hydrogen) atoms. The number of guanidine groups is 1. The molecule has 6 nitrogen and oxygen atoms in total. The van der Waals surface area contributed by atoms with Gasteiger partial charge < -0.3 is 10.2 Å². The standard InChI is InChI=1S/C5H13N3.HN3/c1-6-5(7-2)8(3)4;1-3-2/h1-4H3,(H,6,7);1H. The Balaban J connectivity index is 0. The Morgan fingerprint density at radius 1 is 1.64 bits per heavy atom. The van der Waals surface area contributed by atoms with Crippen molar-refractivity contribution in [1.82, 2.24) is 10.2 Å². The summed E-state index contributed by atoms with van der Waals surface area (Å²) in [6.45, 7) is 0. The van der Waals surface area contributed by atoms with Crippen molar-refractivity contribution >= 4 is 5.96 Å². The summed E-state index contributed by atoms with van der Waals surface area (Å²) in [6.07, 6.45) is 0. The van der Waals surface area contributed by atoms with E-state index in [1.54, 1.807) is 12.0 Å². The summed E-state index contributed by atoms with van der Waals surface area (Å²) in [7, 11) is 7.49. The van der Waals surface area contributed by atoms with Crippen LogP contribution in [0.15, 0.2) is 4.99 Å². The van der Waals surface area contributed by atoms with Gasteiger partial charge in [0.25, 0.3) is 0 Å². The molecule has 0 saturated heterocycles. The number of hydrogen-bond acceptors (Lipinski definition) is 2. The number of rotatable bonds is 0. The lowest BCUT2D eigenvalue weighted by molar-refractivity contribution is 0.596. The van der Waals surface area contributed by atoms with Crippen molar-refractivity contribution in [3.8, 4) is 0 Å². The van der Waals surface area contributed by atoms with Crippen LogP contribution in [0.3, 0.4) is 0 Å². The molecular weight excluding hydrogens is 144 g/mol. The Morgan fingerprint density at radius 2 is 2.00 bits per heavy atom. The summed E-state index contributed by atoms with van der Waals surface area (Å²) < 4.78 is 0. The first-order valence-electron chi connectivity index (χ1n) is 2.96. The van der Waals surface area contributed by atoms with Crippen LogP contribution in [0.1, 0.15) is 0 Å². The van der Waals surface area contributed by atoms with Gasteiger partial charge in [-0.1, -0.05) is 0 Å². The van der Waals surface area contributed by atoms with Gasteiger partial charge in [-0.15, -0.1) is 5.53 Å². The van der Waals surface area contributed by atoms with E-state index < -0.39 is 0 Å². The zero-order chi connectivity index (χ0) is 9.28. The van der Waals surface area contributed by atoms with Crippen LogP contribution >= 0.6 is 0 Å². The van der Waals surface area contributed by atoms with Crippen LogP contribution in [0, 0.1) is 5.53 Å². The number of hydrogen-bond donors (Lipinski definition) is 2. The molecule has 0 radical (unpaired) electrons. The van der Waals surface area contributed by atoms with Crippen molar-refractivity contribution in [2.75, 3.05) is 28.2 Å². The van der Waals surface area contributed by atoms with Gasteiger partial charge in [0.2, 0.25) is 0 Å². The van der Waals surface area contributed by atoms with E-state index in [1.807, 2.05) is 26.0 Å². The van der Waals surface area contributed by atoms with E-state index >= 15 is 0 Å². The minimum atomic E-state index is 0.894. The minimum Gasteiger partial charge on any atom is -0.359 e. The molecule has 0 aliphatic rings. The fourth-order valence-electron chi connectivity index (χ4n) is 0.535. The molecule has 2 N–H and O–H groups in total. The van der Waals surface area contributed by atoms with E-state index in [0.29, 0.717) is 0 Å².